The number of carboxylic acids is 1. The summed E-state index contributed by atoms with van der Waals surface area (Å²) in [5.41, 5.74) is 1.05. The molecule has 104 valence electrons. The number of hydrogen-bond donors (Lipinski definition) is 1. The number of aliphatic carboxylic acids is 1. The van der Waals surface area contributed by atoms with E-state index in [9.17, 15) is 4.79 Å². The van der Waals surface area contributed by atoms with E-state index in [0.29, 0.717) is 0 Å². The summed E-state index contributed by atoms with van der Waals surface area (Å²) in [4.78, 5) is 13.2. The van der Waals surface area contributed by atoms with E-state index in [-0.39, 0.29) is 18.6 Å². The highest BCUT2D eigenvalue weighted by atomic mass is 16.5. The van der Waals surface area contributed by atoms with Crippen LogP contribution in [0.1, 0.15) is 30.9 Å². The highest BCUT2D eigenvalue weighted by Crippen LogP contribution is 2.25. The van der Waals surface area contributed by atoms with Crippen molar-refractivity contribution in [3.05, 3.63) is 35.9 Å². The Bertz CT molecular complexity index is 401. The molecule has 1 aliphatic heterocycles. The summed E-state index contributed by atoms with van der Waals surface area (Å²) in [6.45, 7) is 1.61. The minimum Gasteiger partial charge on any atom is -0.481 e. The first-order valence-corrected chi connectivity index (χ1v) is 6.75. The third-order valence-corrected chi connectivity index (χ3v) is 3.60. The van der Waals surface area contributed by atoms with E-state index in [4.69, 9.17) is 9.84 Å². The molecule has 1 fully saturated rings. The molecule has 4 nitrogen and oxygen atoms in total. The summed E-state index contributed by atoms with van der Waals surface area (Å²) < 4.78 is 5.63. The highest BCUT2D eigenvalue weighted by Gasteiger charge is 2.24. The zero-order valence-electron chi connectivity index (χ0n) is 11.3. The topological polar surface area (TPSA) is 49.8 Å². The van der Waals surface area contributed by atoms with E-state index >= 15 is 0 Å². The Morgan fingerprint density at radius 1 is 1.47 bits per heavy atom. The Kier molecular flexibility index (Phi) is 4.93. The Morgan fingerprint density at radius 2 is 2.21 bits per heavy atom. The van der Waals surface area contributed by atoms with Crippen molar-refractivity contribution in [2.75, 3.05) is 20.2 Å². The minimum atomic E-state index is -0.770. The molecular formula is C15H21NO3. The average molecular weight is 263 g/mol. The zero-order valence-corrected chi connectivity index (χ0v) is 11.3. The van der Waals surface area contributed by atoms with E-state index in [1.807, 2.05) is 37.4 Å². The lowest BCUT2D eigenvalue weighted by molar-refractivity contribution is -0.138. The van der Waals surface area contributed by atoms with Gasteiger partial charge < -0.3 is 9.84 Å². The molecule has 1 N–H and O–H groups in total. The maximum Gasteiger partial charge on any atom is 0.305 e. The van der Waals surface area contributed by atoms with Gasteiger partial charge in [0, 0.05) is 19.2 Å². The quantitative estimate of drug-likeness (QED) is 0.855. The van der Waals surface area contributed by atoms with Gasteiger partial charge in [0.25, 0.3) is 0 Å². The van der Waals surface area contributed by atoms with E-state index in [2.05, 4.69) is 4.90 Å². The summed E-state index contributed by atoms with van der Waals surface area (Å²) >= 11 is 0. The molecule has 1 saturated heterocycles. The number of carbonyl (C=O) groups is 1. The molecule has 0 bridgehead atoms. The van der Waals surface area contributed by atoms with E-state index in [0.717, 1.165) is 31.6 Å². The molecule has 1 aromatic rings. The smallest absolute Gasteiger partial charge is 0.305 e. The van der Waals surface area contributed by atoms with Crippen molar-refractivity contribution >= 4 is 5.97 Å². The predicted octanol–water partition coefficient (Wildman–Crippen LogP) is 2.31. The molecule has 0 amide bonds. The second kappa shape index (κ2) is 6.68. The Labute approximate surface area is 114 Å². The summed E-state index contributed by atoms with van der Waals surface area (Å²) in [7, 11) is 1.97. The van der Waals surface area contributed by atoms with Gasteiger partial charge in [0.2, 0.25) is 0 Å². The summed E-state index contributed by atoms with van der Waals surface area (Å²) in [6.07, 6.45) is 2.53. The minimum absolute atomic E-state index is 0.0945. The van der Waals surface area contributed by atoms with E-state index < -0.39 is 5.97 Å². The molecule has 19 heavy (non-hydrogen) atoms. The summed E-state index contributed by atoms with van der Waals surface area (Å²) in [5, 5.41) is 9.10. The maximum atomic E-state index is 11.1. The first kappa shape index (κ1) is 14.0. The van der Waals surface area contributed by atoms with Gasteiger partial charge in [-0.2, -0.15) is 0 Å². The molecule has 0 saturated carbocycles. The monoisotopic (exact) mass is 263 g/mol. The Hall–Kier alpha value is -1.39. The molecular weight excluding hydrogens is 242 g/mol. The zero-order chi connectivity index (χ0) is 13.7. The number of hydrogen-bond acceptors (Lipinski definition) is 3. The molecule has 0 spiro atoms. The maximum absolute atomic E-state index is 11.1. The van der Waals surface area contributed by atoms with Crippen molar-refractivity contribution in [1.29, 1.82) is 0 Å². The Balaban J connectivity index is 2.05. The fraction of sp³-hybridized carbons (Fsp3) is 0.533. The van der Waals surface area contributed by atoms with Crippen molar-refractivity contribution in [2.45, 2.75) is 31.4 Å². The SMILES string of the molecule is CN(CC1CCCO1)C(CC(=O)O)c1ccccc1. The van der Waals surface area contributed by atoms with Crippen molar-refractivity contribution in [3.63, 3.8) is 0 Å². The molecule has 2 atom stereocenters. The van der Waals surface area contributed by atoms with Crippen molar-refractivity contribution in [1.82, 2.24) is 4.90 Å². The molecule has 0 aromatic heterocycles. The lowest BCUT2D eigenvalue weighted by atomic mass is 10.0. The molecule has 2 unspecified atom stereocenters. The van der Waals surface area contributed by atoms with Crippen LogP contribution in [0, 0.1) is 0 Å². The molecule has 0 aliphatic carbocycles. The van der Waals surface area contributed by atoms with Crippen LogP contribution in [0.4, 0.5) is 0 Å². The molecule has 1 aliphatic rings. The number of nitrogens with zero attached hydrogens (tertiary/aromatic N) is 1. The molecule has 1 heterocycles. The average Bonchev–Trinajstić information content (AvgIpc) is 2.89. The van der Waals surface area contributed by atoms with Crippen LogP contribution in [-0.4, -0.2) is 42.3 Å². The van der Waals surface area contributed by atoms with Crippen LogP contribution < -0.4 is 0 Å². The van der Waals surface area contributed by atoms with Crippen molar-refractivity contribution in [2.24, 2.45) is 0 Å². The largest absolute Gasteiger partial charge is 0.481 e. The highest BCUT2D eigenvalue weighted by molar-refractivity contribution is 5.67. The van der Waals surface area contributed by atoms with Crippen LogP contribution in [0.2, 0.25) is 0 Å². The van der Waals surface area contributed by atoms with Gasteiger partial charge in [0.05, 0.1) is 12.5 Å². The van der Waals surface area contributed by atoms with Crippen molar-refractivity contribution in [3.8, 4) is 0 Å². The lowest BCUT2D eigenvalue weighted by Crippen LogP contribution is -2.33. The van der Waals surface area contributed by atoms with Gasteiger partial charge in [0.15, 0.2) is 0 Å². The van der Waals surface area contributed by atoms with Crippen LogP contribution in [0.25, 0.3) is 0 Å². The fourth-order valence-electron chi connectivity index (χ4n) is 2.61. The third kappa shape index (κ3) is 4.04. The number of carboxylic acid groups (broad SMARTS) is 1. The molecule has 0 radical (unpaired) electrons. The van der Waals surface area contributed by atoms with Crippen LogP contribution in [0.3, 0.4) is 0 Å². The standard InChI is InChI=1S/C15H21NO3/c1-16(11-13-8-5-9-19-13)14(10-15(17)18)12-6-3-2-4-7-12/h2-4,6-7,13-14H,5,8-11H2,1H3,(H,17,18). The summed E-state index contributed by atoms with van der Waals surface area (Å²) in [6, 6.07) is 9.72. The molecule has 1 aromatic carbocycles. The van der Waals surface area contributed by atoms with Gasteiger partial charge in [-0.25, -0.2) is 0 Å². The molecule has 4 heteroatoms. The molecule has 2 rings (SSSR count). The number of rotatable bonds is 6. The predicted molar refractivity (Wildman–Crippen MR) is 73.0 cm³/mol. The normalized spacial score (nSPS) is 20.6. The third-order valence-electron chi connectivity index (χ3n) is 3.60. The van der Waals surface area contributed by atoms with Crippen LogP contribution in [0.15, 0.2) is 30.3 Å². The first-order chi connectivity index (χ1) is 9.16. The number of benzene rings is 1. The van der Waals surface area contributed by atoms with Gasteiger partial charge in [-0.3, -0.25) is 9.69 Å². The van der Waals surface area contributed by atoms with Gasteiger partial charge in [-0.15, -0.1) is 0 Å². The number of ether oxygens (including phenoxy) is 1. The second-order valence-corrected chi connectivity index (χ2v) is 5.10. The first-order valence-electron chi connectivity index (χ1n) is 6.75. The lowest BCUT2D eigenvalue weighted by Gasteiger charge is -2.29. The van der Waals surface area contributed by atoms with Gasteiger partial charge in [-0.1, -0.05) is 30.3 Å². The van der Waals surface area contributed by atoms with Gasteiger partial charge >= 0.3 is 5.97 Å². The number of likely N-dealkylation sites (N-methyl/N-ethyl adjacent to an activating group) is 1. The van der Waals surface area contributed by atoms with E-state index in [1.54, 1.807) is 0 Å². The van der Waals surface area contributed by atoms with Crippen molar-refractivity contribution < 1.29 is 14.6 Å². The van der Waals surface area contributed by atoms with Crippen LogP contribution in [0.5, 0.6) is 0 Å². The Morgan fingerprint density at radius 3 is 2.79 bits per heavy atom. The summed E-state index contributed by atoms with van der Waals surface area (Å²) in [5.74, 6) is -0.770. The fourth-order valence-corrected chi connectivity index (χ4v) is 2.61. The van der Waals surface area contributed by atoms with Gasteiger partial charge in [-0.05, 0) is 25.5 Å². The van der Waals surface area contributed by atoms with E-state index in [1.165, 1.54) is 0 Å². The second-order valence-electron chi connectivity index (χ2n) is 5.10. The van der Waals surface area contributed by atoms with Crippen LogP contribution in [-0.2, 0) is 9.53 Å². The van der Waals surface area contributed by atoms with Crippen LogP contribution >= 0.6 is 0 Å². The van der Waals surface area contributed by atoms with Gasteiger partial charge in [0.1, 0.15) is 0 Å².